The summed E-state index contributed by atoms with van der Waals surface area (Å²) in [7, 11) is 0. The lowest BCUT2D eigenvalue weighted by atomic mass is 10.00. The average Bonchev–Trinajstić information content (AvgIpc) is 2.87. The minimum Gasteiger partial charge on any atom is -0.378 e. The van der Waals surface area contributed by atoms with Gasteiger partial charge in [0.1, 0.15) is 0 Å². The van der Waals surface area contributed by atoms with E-state index in [9.17, 15) is 0 Å². The van der Waals surface area contributed by atoms with E-state index in [2.05, 4.69) is 21.4 Å². The Morgan fingerprint density at radius 1 is 1.56 bits per heavy atom. The predicted molar refractivity (Wildman–Crippen MR) is 77.4 cm³/mol. The summed E-state index contributed by atoms with van der Waals surface area (Å²) < 4.78 is 6.53. The molecule has 0 bridgehead atoms. The molecular weight excluding hydrogens is 316 g/mol. The monoisotopic (exact) mass is 332 g/mol. The maximum Gasteiger partial charge on any atom is 0.0576 e. The molecule has 3 nitrogen and oxygen atoms in total. The van der Waals surface area contributed by atoms with E-state index in [1.165, 1.54) is 12.8 Å². The molecule has 1 heterocycles. The molecule has 18 heavy (non-hydrogen) atoms. The number of nitrogens with two attached hydrogens (primary N) is 1. The van der Waals surface area contributed by atoms with Gasteiger partial charge in [-0.15, -0.1) is 0 Å². The van der Waals surface area contributed by atoms with Crippen molar-refractivity contribution in [3.05, 3.63) is 33.3 Å². The van der Waals surface area contributed by atoms with Gasteiger partial charge in [-0.2, -0.15) is 0 Å². The van der Waals surface area contributed by atoms with E-state index < -0.39 is 0 Å². The van der Waals surface area contributed by atoms with Crippen LogP contribution < -0.4 is 11.3 Å². The van der Waals surface area contributed by atoms with Crippen molar-refractivity contribution < 1.29 is 4.74 Å². The lowest BCUT2D eigenvalue weighted by Crippen LogP contribution is -2.28. The lowest BCUT2D eigenvalue weighted by molar-refractivity contribution is 0.0996. The first kappa shape index (κ1) is 14.3. The molecule has 0 radical (unpaired) electrons. The van der Waals surface area contributed by atoms with E-state index in [4.69, 9.17) is 22.2 Å². The highest BCUT2D eigenvalue weighted by atomic mass is 79.9. The van der Waals surface area contributed by atoms with Crippen LogP contribution in [0.1, 0.15) is 37.3 Å². The molecule has 0 aromatic heterocycles. The average molecular weight is 334 g/mol. The van der Waals surface area contributed by atoms with Crippen LogP contribution in [0.4, 0.5) is 0 Å². The molecule has 1 fully saturated rings. The second kappa shape index (κ2) is 6.87. The van der Waals surface area contributed by atoms with Crippen LogP contribution in [0.2, 0.25) is 5.02 Å². The number of ether oxygens (including phenoxy) is 1. The molecule has 1 saturated heterocycles. The Hall–Kier alpha value is -0.130. The van der Waals surface area contributed by atoms with Crippen molar-refractivity contribution in [2.75, 3.05) is 6.61 Å². The number of benzene rings is 1. The molecule has 0 aliphatic carbocycles. The van der Waals surface area contributed by atoms with Crippen LogP contribution in [0.15, 0.2) is 22.7 Å². The van der Waals surface area contributed by atoms with Crippen molar-refractivity contribution in [1.82, 2.24) is 5.43 Å². The van der Waals surface area contributed by atoms with Crippen LogP contribution >= 0.6 is 27.5 Å². The zero-order chi connectivity index (χ0) is 13.0. The number of hydrazine groups is 1. The Bertz CT molecular complexity index is 397. The first-order chi connectivity index (χ1) is 8.70. The van der Waals surface area contributed by atoms with E-state index >= 15 is 0 Å². The Morgan fingerprint density at radius 3 is 3.00 bits per heavy atom. The van der Waals surface area contributed by atoms with Crippen molar-refractivity contribution in [3.8, 4) is 0 Å². The number of nitrogens with one attached hydrogen (secondary N) is 1. The van der Waals surface area contributed by atoms with Crippen LogP contribution in [0, 0.1) is 0 Å². The van der Waals surface area contributed by atoms with Crippen molar-refractivity contribution in [3.63, 3.8) is 0 Å². The van der Waals surface area contributed by atoms with Crippen LogP contribution in [-0.4, -0.2) is 12.7 Å². The highest BCUT2D eigenvalue weighted by molar-refractivity contribution is 9.10. The SMILES string of the molecule is NNC(CCC1CCCO1)c1ccc(Cl)c(Br)c1. The molecule has 2 unspecified atom stereocenters. The number of hydrogen-bond donors (Lipinski definition) is 2. The van der Waals surface area contributed by atoms with Gasteiger partial charge in [-0.05, 0) is 59.3 Å². The van der Waals surface area contributed by atoms with Gasteiger partial charge in [-0.1, -0.05) is 17.7 Å². The van der Waals surface area contributed by atoms with Crippen LogP contribution in [0.3, 0.4) is 0 Å². The number of hydrogen-bond acceptors (Lipinski definition) is 3. The predicted octanol–water partition coefficient (Wildman–Crippen LogP) is 3.57. The van der Waals surface area contributed by atoms with Crippen molar-refractivity contribution >= 4 is 27.5 Å². The molecule has 0 saturated carbocycles. The normalized spacial score (nSPS) is 21.2. The van der Waals surface area contributed by atoms with E-state index in [1.54, 1.807) is 0 Å². The van der Waals surface area contributed by atoms with Gasteiger partial charge in [0, 0.05) is 17.1 Å². The van der Waals surface area contributed by atoms with Gasteiger partial charge in [0.15, 0.2) is 0 Å². The summed E-state index contributed by atoms with van der Waals surface area (Å²) in [4.78, 5) is 0. The Labute approximate surface area is 121 Å². The molecule has 2 rings (SSSR count). The minimum atomic E-state index is 0.141. The zero-order valence-electron chi connectivity index (χ0n) is 10.2. The Balaban J connectivity index is 1.96. The van der Waals surface area contributed by atoms with E-state index in [0.29, 0.717) is 11.1 Å². The van der Waals surface area contributed by atoms with Gasteiger partial charge >= 0.3 is 0 Å². The van der Waals surface area contributed by atoms with Gasteiger partial charge in [0.2, 0.25) is 0 Å². The number of halogens is 2. The molecule has 1 aromatic carbocycles. The third-order valence-electron chi connectivity index (χ3n) is 3.35. The summed E-state index contributed by atoms with van der Waals surface area (Å²) in [6, 6.07) is 6.05. The molecular formula is C13H18BrClN2O. The van der Waals surface area contributed by atoms with Crippen molar-refractivity contribution in [2.45, 2.75) is 37.8 Å². The highest BCUT2D eigenvalue weighted by Crippen LogP contribution is 2.29. The molecule has 1 aromatic rings. The first-order valence-electron chi connectivity index (χ1n) is 6.23. The summed E-state index contributed by atoms with van der Waals surface area (Å²) in [6.07, 6.45) is 4.75. The fraction of sp³-hybridized carbons (Fsp3) is 0.538. The summed E-state index contributed by atoms with van der Waals surface area (Å²) >= 11 is 9.43. The van der Waals surface area contributed by atoms with E-state index in [1.807, 2.05) is 18.2 Å². The van der Waals surface area contributed by atoms with Gasteiger partial charge < -0.3 is 4.74 Å². The van der Waals surface area contributed by atoms with Gasteiger partial charge in [0.25, 0.3) is 0 Å². The van der Waals surface area contributed by atoms with Crippen LogP contribution in [-0.2, 0) is 4.74 Å². The standard InChI is InChI=1S/C13H18BrClN2O/c14-11-8-9(3-5-12(11)15)13(17-16)6-4-10-2-1-7-18-10/h3,5,8,10,13,17H,1-2,4,6-7,16H2. The largest absolute Gasteiger partial charge is 0.378 e. The second-order valence-corrected chi connectivity index (χ2v) is 5.87. The van der Waals surface area contributed by atoms with Crippen molar-refractivity contribution in [1.29, 1.82) is 0 Å². The lowest BCUT2D eigenvalue weighted by Gasteiger charge is -2.19. The molecule has 3 N–H and O–H groups in total. The molecule has 100 valence electrons. The second-order valence-electron chi connectivity index (χ2n) is 4.61. The smallest absolute Gasteiger partial charge is 0.0576 e. The summed E-state index contributed by atoms with van der Waals surface area (Å²) in [6.45, 7) is 0.901. The molecule has 0 amide bonds. The quantitative estimate of drug-likeness (QED) is 0.640. The van der Waals surface area contributed by atoms with Crippen LogP contribution in [0.25, 0.3) is 0 Å². The molecule has 1 aliphatic heterocycles. The number of rotatable bonds is 5. The summed E-state index contributed by atoms with van der Waals surface area (Å²) in [5.74, 6) is 5.64. The first-order valence-corrected chi connectivity index (χ1v) is 7.40. The van der Waals surface area contributed by atoms with Gasteiger partial charge in [0.05, 0.1) is 11.1 Å². The highest BCUT2D eigenvalue weighted by Gasteiger charge is 2.18. The fourth-order valence-corrected chi connectivity index (χ4v) is 2.81. The Kier molecular flexibility index (Phi) is 5.45. The maximum atomic E-state index is 5.99. The third kappa shape index (κ3) is 3.68. The molecule has 1 aliphatic rings. The fourth-order valence-electron chi connectivity index (χ4n) is 2.30. The zero-order valence-corrected chi connectivity index (χ0v) is 12.5. The van der Waals surface area contributed by atoms with Crippen molar-refractivity contribution in [2.24, 2.45) is 5.84 Å². The summed E-state index contributed by atoms with van der Waals surface area (Å²) in [5, 5.41) is 0.716. The van der Waals surface area contributed by atoms with Gasteiger partial charge in [-0.25, -0.2) is 0 Å². The Morgan fingerprint density at radius 2 is 2.39 bits per heavy atom. The van der Waals surface area contributed by atoms with E-state index in [0.717, 1.165) is 29.5 Å². The molecule has 0 spiro atoms. The van der Waals surface area contributed by atoms with Crippen LogP contribution in [0.5, 0.6) is 0 Å². The topological polar surface area (TPSA) is 47.3 Å². The van der Waals surface area contributed by atoms with E-state index in [-0.39, 0.29) is 6.04 Å². The molecule has 2 atom stereocenters. The summed E-state index contributed by atoms with van der Waals surface area (Å²) in [5.41, 5.74) is 4.01. The molecule has 5 heteroatoms. The maximum absolute atomic E-state index is 5.99. The van der Waals surface area contributed by atoms with Gasteiger partial charge in [-0.3, -0.25) is 11.3 Å². The minimum absolute atomic E-state index is 0.141. The third-order valence-corrected chi connectivity index (χ3v) is 4.56.